The summed E-state index contributed by atoms with van der Waals surface area (Å²) in [5.74, 6) is 0. The molecule has 1 N–H and O–H groups in total. The van der Waals surface area contributed by atoms with Gasteiger partial charge in [0.1, 0.15) is 0 Å². The Morgan fingerprint density at radius 1 is 1.38 bits per heavy atom. The molecule has 0 aliphatic rings. The SMILES string of the molecule is CC(Nc1cccc(Br)c1)c1ccnn1C. The molecule has 1 aromatic carbocycles. The van der Waals surface area contributed by atoms with Crippen molar-refractivity contribution in [1.29, 1.82) is 0 Å². The fourth-order valence-electron chi connectivity index (χ4n) is 1.71. The highest BCUT2D eigenvalue weighted by molar-refractivity contribution is 9.10. The van der Waals surface area contributed by atoms with Gasteiger partial charge in [0.25, 0.3) is 0 Å². The fraction of sp³-hybridized carbons (Fsp3) is 0.250. The van der Waals surface area contributed by atoms with Gasteiger partial charge >= 0.3 is 0 Å². The van der Waals surface area contributed by atoms with Gasteiger partial charge in [-0.2, -0.15) is 5.10 Å². The lowest BCUT2D eigenvalue weighted by molar-refractivity contribution is 0.676. The van der Waals surface area contributed by atoms with Gasteiger partial charge in [-0.1, -0.05) is 22.0 Å². The van der Waals surface area contributed by atoms with Crippen molar-refractivity contribution in [3.8, 4) is 0 Å². The highest BCUT2D eigenvalue weighted by Gasteiger charge is 2.08. The predicted molar refractivity (Wildman–Crippen MR) is 69.4 cm³/mol. The van der Waals surface area contributed by atoms with E-state index in [0.29, 0.717) is 0 Å². The first-order chi connectivity index (χ1) is 7.66. The summed E-state index contributed by atoms with van der Waals surface area (Å²) < 4.78 is 2.96. The van der Waals surface area contributed by atoms with Crippen molar-refractivity contribution in [3.05, 3.63) is 46.7 Å². The monoisotopic (exact) mass is 279 g/mol. The third kappa shape index (κ3) is 2.44. The van der Waals surface area contributed by atoms with Crippen molar-refractivity contribution < 1.29 is 0 Å². The zero-order chi connectivity index (χ0) is 11.5. The number of hydrogen-bond donors (Lipinski definition) is 1. The summed E-state index contributed by atoms with van der Waals surface area (Å²) in [6.45, 7) is 2.12. The average molecular weight is 280 g/mol. The van der Waals surface area contributed by atoms with Gasteiger partial charge in [0.2, 0.25) is 0 Å². The van der Waals surface area contributed by atoms with Crippen molar-refractivity contribution in [2.75, 3.05) is 5.32 Å². The van der Waals surface area contributed by atoms with E-state index in [-0.39, 0.29) is 6.04 Å². The fourth-order valence-corrected chi connectivity index (χ4v) is 2.11. The number of aromatic nitrogens is 2. The van der Waals surface area contributed by atoms with Gasteiger partial charge in [0.15, 0.2) is 0 Å². The number of halogens is 1. The summed E-state index contributed by atoms with van der Waals surface area (Å²) in [4.78, 5) is 0. The summed E-state index contributed by atoms with van der Waals surface area (Å²) >= 11 is 3.46. The van der Waals surface area contributed by atoms with Crippen LogP contribution in [0.15, 0.2) is 41.0 Å². The Morgan fingerprint density at radius 2 is 2.19 bits per heavy atom. The van der Waals surface area contributed by atoms with E-state index in [1.54, 1.807) is 0 Å². The molecule has 2 rings (SSSR count). The minimum Gasteiger partial charge on any atom is -0.377 e. The van der Waals surface area contributed by atoms with Crippen LogP contribution in [-0.2, 0) is 7.05 Å². The number of rotatable bonds is 3. The summed E-state index contributed by atoms with van der Waals surface area (Å²) in [6, 6.07) is 10.4. The topological polar surface area (TPSA) is 29.9 Å². The number of aryl methyl sites for hydroxylation is 1. The van der Waals surface area contributed by atoms with E-state index in [4.69, 9.17) is 0 Å². The third-order valence-corrected chi connectivity index (χ3v) is 3.00. The smallest absolute Gasteiger partial charge is 0.0653 e. The standard InChI is InChI=1S/C12H14BrN3/c1-9(12-6-7-14-16(12)2)15-11-5-3-4-10(13)8-11/h3-9,15H,1-2H3. The molecule has 0 bridgehead atoms. The van der Waals surface area contributed by atoms with Crippen LogP contribution >= 0.6 is 15.9 Å². The van der Waals surface area contributed by atoms with Crippen LogP contribution in [-0.4, -0.2) is 9.78 Å². The maximum absolute atomic E-state index is 4.16. The second-order valence-corrected chi connectivity index (χ2v) is 4.67. The lowest BCUT2D eigenvalue weighted by Gasteiger charge is -2.15. The molecule has 1 heterocycles. The van der Waals surface area contributed by atoms with Gasteiger partial charge in [-0.05, 0) is 31.2 Å². The van der Waals surface area contributed by atoms with E-state index in [9.17, 15) is 0 Å². The van der Waals surface area contributed by atoms with Crippen molar-refractivity contribution >= 4 is 21.6 Å². The van der Waals surface area contributed by atoms with Crippen LogP contribution < -0.4 is 5.32 Å². The first-order valence-corrected chi connectivity index (χ1v) is 5.96. The van der Waals surface area contributed by atoms with Crippen molar-refractivity contribution in [3.63, 3.8) is 0 Å². The number of benzene rings is 1. The van der Waals surface area contributed by atoms with E-state index in [1.807, 2.05) is 36.1 Å². The molecule has 0 spiro atoms. The summed E-state index contributed by atoms with van der Waals surface area (Å²) in [5, 5.41) is 7.60. The summed E-state index contributed by atoms with van der Waals surface area (Å²) in [6.07, 6.45) is 1.81. The van der Waals surface area contributed by atoms with E-state index >= 15 is 0 Å². The van der Waals surface area contributed by atoms with Crippen LogP contribution in [0.1, 0.15) is 18.7 Å². The van der Waals surface area contributed by atoms with Gasteiger partial charge in [-0.15, -0.1) is 0 Å². The molecule has 16 heavy (non-hydrogen) atoms. The second-order valence-electron chi connectivity index (χ2n) is 3.76. The minimum atomic E-state index is 0.238. The van der Waals surface area contributed by atoms with E-state index in [2.05, 4.69) is 45.4 Å². The van der Waals surface area contributed by atoms with Crippen LogP contribution in [0.5, 0.6) is 0 Å². The van der Waals surface area contributed by atoms with E-state index in [0.717, 1.165) is 10.2 Å². The molecule has 3 nitrogen and oxygen atoms in total. The molecule has 1 atom stereocenters. The maximum atomic E-state index is 4.16. The van der Waals surface area contributed by atoms with Crippen molar-refractivity contribution in [2.24, 2.45) is 7.05 Å². The minimum absolute atomic E-state index is 0.238. The Balaban J connectivity index is 2.14. The van der Waals surface area contributed by atoms with Gasteiger partial charge in [0, 0.05) is 23.4 Å². The van der Waals surface area contributed by atoms with E-state index < -0.39 is 0 Å². The van der Waals surface area contributed by atoms with Gasteiger partial charge < -0.3 is 5.32 Å². The molecular formula is C12H14BrN3. The van der Waals surface area contributed by atoms with Crippen LogP contribution in [0.2, 0.25) is 0 Å². The maximum Gasteiger partial charge on any atom is 0.0653 e. The molecule has 0 radical (unpaired) electrons. The average Bonchev–Trinajstić information content (AvgIpc) is 2.64. The Hall–Kier alpha value is -1.29. The van der Waals surface area contributed by atoms with Crippen LogP contribution in [0.25, 0.3) is 0 Å². The molecular weight excluding hydrogens is 266 g/mol. The molecule has 0 saturated heterocycles. The highest BCUT2D eigenvalue weighted by atomic mass is 79.9. The lowest BCUT2D eigenvalue weighted by atomic mass is 10.2. The molecule has 1 aromatic heterocycles. The Kier molecular flexibility index (Phi) is 3.29. The number of nitrogens with zero attached hydrogens (tertiary/aromatic N) is 2. The molecule has 2 aromatic rings. The first-order valence-electron chi connectivity index (χ1n) is 5.17. The molecule has 0 aliphatic heterocycles. The number of nitrogens with one attached hydrogen (secondary N) is 1. The molecule has 0 fully saturated rings. The third-order valence-electron chi connectivity index (χ3n) is 2.51. The van der Waals surface area contributed by atoms with Gasteiger partial charge in [-0.3, -0.25) is 4.68 Å². The normalized spacial score (nSPS) is 12.4. The van der Waals surface area contributed by atoms with Crippen molar-refractivity contribution in [1.82, 2.24) is 9.78 Å². The zero-order valence-corrected chi connectivity index (χ0v) is 10.9. The van der Waals surface area contributed by atoms with Crippen molar-refractivity contribution in [2.45, 2.75) is 13.0 Å². The van der Waals surface area contributed by atoms with Gasteiger partial charge in [-0.25, -0.2) is 0 Å². The van der Waals surface area contributed by atoms with Crippen LogP contribution in [0.3, 0.4) is 0 Å². The Bertz CT molecular complexity index is 479. The van der Waals surface area contributed by atoms with Gasteiger partial charge in [0.05, 0.1) is 11.7 Å². The highest BCUT2D eigenvalue weighted by Crippen LogP contribution is 2.21. The Morgan fingerprint density at radius 3 is 2.81 bits per heavy atom. The quantitative estimate of drug-likeness (QED) is 0.934. The molecule has 1 unspecified atom stereocenters. The molecule has 0 amide bonds. The van der Waals surface area contributed by atoms with E-state index in [1.165, 1.54) is 5.69 Å². The first kappa shape index (κ1) is 11.2. The molecule has 0 aliphatic carbocycles. The summed E-state index contributed by atoms with van der Waals surface area (Å²) in [5.41, 5.74) is 2.27. The Labute approximate surface area is 104 Å². The zero-order valence-electron chi connectivity index (χ0n) is 9.31. The molecule has 4 heteroatoms. The molecule has 84 valence electrons. The largest absolute Gasteiger partial charge is 0.377 e. The van der Waals surface area contributed by atoms with Crippen LogP contribution in [0.4, 0.5) is 5.69 Å². The second kappa shape index (κ2) is 4.70. The number of anilines is 1. The molecule has 0 saturated carbocycles. The number of hydrogen-bond acceptors (Lipinski definition) is 2. The summed E-state index contributed by atoms with van der Waals surface area (Å²) in [7, 11) is 1.95. The predicted octanol–water partition coefficient (Wildman–Crippen LogP) is 3.36. The van der Waals surface area contributed by atoms with Crippen LogP contribution in [0, 0.1) is 0 Å². The lowest BCUT2D eigenvalue weighted by Crippen LogP contribution is -2.11.